The zero-order valence-electron chi connectivity index (χ0n) is 15.2. The van der Waals surface area contributed by atoms with Gasteiger partial charge in [0.25, 0.3) is 10.0 Å². The van der Waals surface area contributed by atoms with Gasteiger partial charge in [-0.15, -0.1) is 0 Å². The van der Waals surface area contributed by atoms with E-state index >= 15 is 0 Å². The summed E-state index contributed by atoms with van der Waals surface area (Å²) in [5.74, 6) is 0.378. The van der Waals surface area contributed by atoms with Gasteiger partial charge >= 0.3 is 0 Å². The molecule has 0 atom stereocenters. The minimum atomic E-state index is -3.77. The third-order valence-corrected chi connectivity index (χ3v) is 5.19. The van der Waals surface area contributed by atoms with Crippen LogP contribution in [0.15, 0.2) is 47.6 Å². The molecule has 2 rings (SSSR count). The van der Waals surface area contributed by atoms with E-state index in [1.165, 1.54) is 0 Å². The number of nitrogens with one attached hydrogen (secondary N) is 1. The van der Waals surface area contributed by atoms with Crippen molar-refractivity contribution in [2.45, 2.75) is 50.8 Å². The molecule has 0 bridgehead atoms. The second-order valence-electron chi connectivity index (χ2n) is 6.95. The van der Waals surface area contributed by atoms with Crippen LogP contribution in [0.3, 0.4) is 0 Å². The van der Waals surface area contributed by atoms with Gasteiger partial charge in [0.15, 0.2) is 0 Å². The Morgan fingerprint density at radius 3 is 2.40 bits per heavy atom. The van der Waals surface area contributed by atoms with Gasteiger partial charge in [-0.3, -0.25) is 9.71 Å². The third-order valence-electron chi connectivity index (χ3n) is 3.79. The van der Waals surface area contributed by atoms with Crippen molar-refractivity contribution >= 4 is 15.7 Å². The van der Waals surface area contributed by atoms with Gasteiger partial charge < -0.3 is 4.74 Å². The lowest BCUT2D eigenvalue weighted by Gasteiger charge is -2.21. The Balaban J connectivity index is 2.43. The van der Waals surface area contributed by atoms with Crippen LogP contribution in [0.4, 0.5) is 5.69 Å². The van der Waals surface area contributed by atoms with Gasteiger partial charge in [0.1, 0.15) is 10.6 Å². The quantitative estimate of drug-likeness (QED) is 0.743. The van der Waals surface area contributed by atoms with Crippen molar-refractivity contribution in [1.29, 1.82) is 0 Å². The first-order valence-corrected chi connectivity index (χ1v) is 9.92. The SMILES string of the molecule is CCCCOc1ccc(C(C)(C)C)cc1S(=O)(=O)Nc1ccncc1. The first-order valence-electron chi connectivity index (χ1n) is 8.44. The summed E-state index contributed by atoms with van der Waals surface area (Å²) in [5.41, 5.74) is 1.24. The number of unbranched alkanes of at least 4 members (excludes halogenated alkanes) is 1. The number of benzene rings is 1. The fourth-order valence-corrected chi connectivity index (χ4v) is 3.49. The van der Waals surface area contributed by atoms with Gasteiger partial charge in [0, 0.05) is 12.4 Å². The molecule has 25 heavy (non-hydrogen) atoms. The van der Waals surface area contributed by atoms with Crippen LogP contribution in [-0.2, 0) is 15.4 Å². The zero-order chi connectivity index (χ0) is 18.5. The molecule has 0 aliphatic heterocycles. The Bertz CT molecular complexity index is 797. The highest BCUT2D eigenvalue weighted by Gasteiger charge is 2.24. The lowest BCUT2D eigenvalue weighted by atomic mass is 9.87. The zero-order valence-corrected chi connectivity index (χ0v) is 16.1. The second kappa shape index (κ2) is 7.87. The molecular formula is C19H26N2O3S. The lowest BCUT2D eigenvalue weighted by Crippen LogP contribution is -2.17. The molecule has 6 heteroatoms. The Hall–Kier alpha value is -2.08. The van der Waals surface area contributed by atoms with Crippen molar-refractivity contribution in [3.63, 3.8) is 0 Å². The number of pyridine rings is 1. The fraction of sp³-hybridized carbons (Fsp3) is 0.421. The Labute approximate surface area is 150 Å². The summed E-state index contributed by atoms with van der Waals surface area (Å²) >= 11 is 0. The van der Waals surface area contributed by atoms with E-state index in [1.807, 2.05) is 26.8 Å². The van der Waals surface area contributed by atoms with E-state index in [0.717, 1.165) is 18.4 Å². The highest BCUT2D eigenvalue weighted by Crippen LogP contribution is 2.32. The number of hydrogen-bond donors (Lipinski definition) is 1. The van der Waals surface area contributed by atoms with E-state index in [4.69, 9.17) is 4.74 Å². The number of ether oxygens (including phenoxy) is 1. The van der Waals surface area contributed by atoms with Gasteiger partial charge in [-0.25, -0.2) is 8.42 Å². The average Bonchev–Trinajstić information content (AvgIpc) is 2.55. The summed E-state index contributed by atoms with van der Waals surface area (Å²) in [6.07, 6.45) is 4.94. The maximum Gasteiger partial charge on any atom is 0.265 e. The van der Waals surface area contributed by atoms with Crippen LogP contribution >= 0.6 is 0 Å². The number of anilines is 1. The number of aromatic nitrogens is 1. The Kier molecular flexibility index (Phi) is 6.06. The van der Waals surface area contributed by atoms with E-state index in [0.29, 0.717) is 18.0 Å². The van der Waals surface area contributed by atoms with E-state index < -0.39 is 10.0 Å². The van der Waals surface area contributed by atoms with E-state index in [2.05, 4.69) is 16.6 Å². The Morgan fingerprint density at radius 1 is 1.12 bits per heavy atom. The largest absolute Gasteiger partial charge is 0.492 e. The molecule has 0 unspecified atom stereocenters. The molecule has 0 spiro atoms. The van der Waals surface area contributed by atoms with Crippen molar-refractivity contribution in [2.24, 2.45) is 0 Å². The van der Waals surface area contributed by atoms with Crippen LogP contribution in [0, 0.1) is 0 Å². The smallest absolute Gasteiger partial charge is 0.265 e. The minimum absolute atomic E-state index is 0.160. The maximum absolute atomic E-state index is 12.9. The summed E-state index contributed by atoms with van der Waals surface area (Å²) < 4.78 is 34.2. The first-order chi connectivity index (χ1) is 11.7. The van der Waals surface area contributed by atoms with E-state index in [1.54, 1.807) is 36.7 Å². The van der Waals surface area contributed by atoms with Gasteiger partial charge in [-0.1, -0.05) is 40.2 Å². The van der Waals surface area contributed by atoms with Gasteiger partial charge in [0.05, 0.1) is 12.3 Å². The highest BCUT2D eigenvalue weighted by atomic mass is 32.2. The van der Waals surface area contributed by atoms with Gasteiger partial charge in [-0.05, 0) is 41.7 Å². The Morgan fingerprint density at radius 2 is 1.80 bits per heavy atom. The molecule has 0 aliphatic carbocycles. The van der Waals surface area contributed by atoms with Crippen molar-refractivity contribution in [3.8, 4) is 5.75 Å². The molecule has 2 aromatic rings. The monoisotopic (exact) mass is 362 g/mol. The summed E-state index contributed by atoms with van der Waals surface area (Å²) in [4.78, 5) is 4.06. The van der Waals surface area contributed by atoms with Gasteiger partial charge in [-0.2, -0.15) is 0 Å². The van der Waals surface area contributed by atoms with Crippen LogP contribution in [-0.4, -0.2) is 20.0 Å². The molecule has 0 saturated carbocycles. The minimum Gasteiger partial charge on any atom is -0.492 e. The molecule has 1 aromatic carbocycles. The molecule has 1 heterocycles. The van der Waals surface area contributed by atoms with Crippen molar-refractivity contribution in [1.82, 2.24) is 4.98 Å². The predicted octanol–water partition coefficient (Wildman–Crippen LogP) is 4.36. The third kappa shape index (κ3) is 5.19. The predicted molar refractivity (Wildman–Crippen MR) is 101 cm³/mol. The number of nitrogens with zero attached hydrogens (tertiary/aromatic N) is 1. The fourth-order valence-electron chi connectivity index (χ4n) is 2.26. The van der Waals surface area contributed by atoms with Crippen molar-refractivity contribution in [3.05, 3.63) is 48.3 Å². The van der Waals surface area contributed by atoms with Crippen LogP contribution in [0.25, 0.3) is 0 Å². The standard InChI is InChI=1S/C19H26N2O3S/c1-5-6-13-24-17-8-7-15(19(2,3)4)14-18(17)25(22,23)21-16-9-11-20-12-10-16/h7-12,14H,5-6,13H2,1-4H3,(H,20,21). The first kappa shape index (κ1) is 19.2. The topological polar surface area (TPSA) is 68.3 Å². The van der Waals surface area contributed by atoms with E-state index in [9.17, 15) is 8.42 Å². The molecule has 136 valence electrons. The molecule has 0 aliphatic rings. The number of sulfonamides is 1. The van der Waals surface area contributed by atoms with Crippen molar-refractivity contribution in [2.75, 3.05) is 11.3 Å². The summed E-state index contributed by atoms with van der Waals surface area (Å²) in [6, 6.07) is 8.60. The highest BCUT2D eigenvalue weighted by molar-refractivity contribution is 7.92. The number of rotatable bonds is 7. The average molecular weight is 362 g/mol. The molecule has 5 nitrogen and oxygen atoms in total. The molecule has 0 saturated heterocycles. The summed E-state index contributed by atoms with van der Waals surface area (Å²) in [5, 5.41) is 0. The summed E-state index contributed by atoms with van der Waals surface area (Å²) in [7, 11) is -3.77. The van der Waals surface area contributed by atoms with Gasteiger partial charge in [0.2, 0.25) is 0 Å². The van der Waals surface area contributed by atoms with Crippen LogP contribution in [0.5, 0.6) is 5.75 Å². The molecular weight excluding hydrogens is 336 g/mol. The van der Waals surface area contributed by atoms with Crippen LogP contribution in [0.2, 0.25) is 0 Å². The maximum atomic E-state index is 12.9. The van der Waals surface area contributed by atoms with Crippen LogP contribution < -0.4 is 9.46 Å². The normalized spacial score (nSPS) is 12.0. The number of hydrogen-bond acceptors (Lipinski definition) is 4. The molecule has 0 radical (unpaired) electrons. The summed E-state index contributed by atoms with van der Waals surface area (Å²) in [6.45, 7) is 8.70. The van der Waals surface area contributed by atoms with E-state index in [-0.39, 0.29) is 10.3 Å². The van der Waals surface area contributed by atoms with Crippen molar-refractivity contribution < 1.29 is 13.2 Å². The van der Waals surface area contributed by atoms with Crippen LogP contribution in [0.1, 0.15) is 46.1 Å². The molecule has 1 N–H and O–H groups in total. The molecule has 0 amide bonds. The second-order valence-corrected chi connectivity index (χ2v) is 8.61. The lowest BCUT2D eigenvalue weighted by molar-refractivity contribution is 0.301. The molecule has 0 fully saturated rings. The molecule has 1 aromatic heterocycles.